The molecule has 1 fully saturated rings. The SMILES string of the molecule is CC(=Cc1ccc([N+](=O)[O-])cc1)C=C1COC(c2oc(=O)c(C)c(O)c2C)C1. The maximum absolute atomic E-state index is 11.9. The molecule has 7 heteroatoms. The summed E-state index contributed by atoms with van der Waals surface area (Å²) in [6.07, 6.45) is 4.05. The second-order valence-electron chi connectivity index (χ2n) is 6.90. The van der Waals surface area contributed by atoms with Gasteiger partial charge in [0.2, 0.25) is 0 Å². The summed E-state index contributed by atoms with van der Waals surface area (Å²) < 4.78 is 11.1. The van der Waals surface area contributed by atoms with Gasteiger partial charge < -0.3 is 14.3 Å². The van der Waals surface area contributed by atoms with Crippen LogP contribution in [-0.4, -0.2) is 16.6 Å². The van der Waals surface area contributed by atoms with Crippen LogP contribution in [0.3, 0.4) is 0 Å². The molecule has 0 amide bonds. The molecule has 2 aromatic rings. The smallest absolute Gasteiger partial charge is 0.342 e. The number of benzene rings is 1. The van der Waals surface area contributed by atoms with E-state index in [0.717, 1.165) is 16.7 Å². The van der Waals surface area contributed by atoms with Crippen molar-refractivity contribution in [3.63, 3.8) is 0 Å². The van der Waals surface area contributed by atoms with E-state index in [9.17, 15) is 20.0 Å². The van der Waals surface area contributed by atoms with Crippen LogP contribution in [-0.2, 0) is 4.74 Å². The quantitative estimate of drug-likeness (QED) is 0.621. The van der Waals surface area contributed by atoms with Crippen LogP contribution in [0.15, 0.2) is 50.7 Å². The molecule has 146 valence electrons. The zero-order valence-corrected chi connectivity index (χ0v) is 15.9. The van der Waals surface area contributed by atoms with Gasteiger partial charge in [-0.1, -0.05) is 17.7 Å². The van der Waals surface area contributed by atoms with Gasteiger partial charge in [-0.05, 0) is 44.0 Å². The first-order chi connectivity index (χ1) is 13.3. The summed E-state index contributed by atoms with van der Waals surface area (Å²) in [5.74, 6) is 0.301. The van der Waals surface area contributed by atoms with Crippen LogP contribution in [0.4, 0.5) is 5.69 Å². The van der Waals surface area contributed by atoms with Crippen molar-refractivity contribution in [2.75, 3.05) is 6.61 Å². The first-order valence-corrected chi connectivity index (χ1v) is 8.83. The minimum Gasteiger partial charge on any atom is -0.507 e. The Kier molecular flexibility index (Phi) is 5.46. The Hall–Kier alpha value is -3.19. The molecule has 0 bridgehead atoms. The van der Waals surface area contributed by atoms with Gasteiger partial charge in [0.1, 0.15) is 17.6 Å². The molecular weight excluding hydrogens is 362 g/mol. The normalized spacial score (nSPS) is 18.6. The van der Waals surface area contributed by atoms with Gasteiger partial charge in [0.25, 0.3) is 5.69 Å². The topological polar surface area (TPSA) is 103 Å². The predicted octanol–water partition coefficient (Wildman–Crippen LogP) is 4.36. The number of allylic oxidation sites excluding steroid dienone is 2. The Morgan fingerprint density at radius 2 is 1.93 bits per heavy atom. The highest BCUT2D eigenvalue weighted by Crippen LogP contribution is 2.36. The van der Waals surface area contributed by atoms with E-state index in [1.165, 1.54) is 19.1 Å². The number of nitro benzene ring substituents is 1. The number of aromatic hydroxyl groups is 1. The molecule has 7 nitrogen and oxygen atoms in total. The molecule has 1 aliphatic rings. The lowest BCUT2D eigenvalue weighted by molar-refractivity contribution is -0.384. The van der Waals surface area contributed by atoms with Crippen LogP contribution in [0.2, 0.25) is 0 Å². The molecule has 0 spiro atoms. The summed E-state index contributed by atoms with van der Waals surface area (Å²) in [5.41, 5.74) is 3.06. The zero-order chi connectivity index (χ0) is 20.4. The van der Waals surface area contributed by atoms with Gasteiger partial charge in [0.15, 0.2) is 0 Å². The maximum atomic E-state index is 11.9. The molecule has 28 heavy (non-hydrogen) atoms. The second-order valence-corrected chi connectivity index (χ2v) is 6.90. The van der Waals surface area contributed by atoms with E-state index in [1.807, 2.05) is 19.1 Å². The van der Waals surface area contributed by atoms with Crippen LogP contribution >= 0.6 is 0 Å². The van der Waals surface area contributed by atoms with Crippen LogP contribution in [0.25, 0.3) is 6.08 Å². The summed E-state index contributed by atoms with van der Waals surface area (Å²) in [7, 11) is 0. The Balaban J connectivity index is 1.77. The number of hydrogen-bond donors (Lipinski definition) is 1. The lowest BCUT2D eigenvalue weighted by atomic mass is 10.0. The molecule has 0 aliphatic carbocycles. The average Bonchev–Trinajstić information content (AvgIpc) is 3.11. The van der Waals surface area contributed by atoms with E-state index in [4.69, 9.17) is 9.15 Å². The minimum atomic E-state index is -0.562. The summed E-state index contributed by atoms with van der Waals surface area (Å²) >= 11 is 0. The van der Waals surface area contributed by atoms with Gasteiger partial charge in [0, 0.05) is 24.1 Å². The van der Waals surface area contributed by atoms with E-state index in [1.54, 1.807) is 19.1 Å². The van der Waals surface area contributed by atoms with E-state index < -0.39 is 16.7 Å². The fourth-order valence-corrected chi connectivity index (χ4v) is 3.21. The van der Waals surface area contributed by atoms with Gasteiger partial charge in [-0.25, -0.2) is 4.79 Å². The maximum Gasteiger partial charge on any atom is 0.342 e. The van der Waals surface area contributed by atoms with Crippen LogP contribution in [0.5, 0.6) is 5.75 Å². The minimum absolute atomic E-state index is 0.0541. The van der Waals surface area contributed by atoms with Gasteiger partial charge in [-0.3, -0.25) is 10.1 Å². The standard InChI is InChI=1S/C21H21NO6/c1-12(8-15-4-6-17(7-5-15)22(25)26)9-16-10-18(27-11-16)20-13(2)19(23)14(3)21(24)28-20/h4-9,18,23H,10-11H2,1-3H3. The number of ether oxygens (including phenoxy) is 1. The van der Waals surface area contributed by atoms with Crippen LogP contribution < -0.4 is 5.63 Å². The highest BCUT2D eigenvalue weighted by molar-refractivity contribution is 5.57. The van der Waals surface area contributed by atoms with E-state index in [-0.39, 0.29) is 17.0 Å². The third-order valence-corrected chi connectivity index (χ3v) is 4.73. The third-order valence-electron chi connectivity index (χ3n) is 4.73. The van der Waals surface area contributed by atoms with E-state index in [0.29, 0.717) is 24.4 Å². The number of nitrogens with zero attached hydrogens (tertiary/aromatic N) is 1. The largest absolute Gasteiger partial charge is 0.507 e. The third kappa shape index (κ3) is 4.04. The molecular formula is C21H21NO6. The molecule has 1 unspecified atom stereocenters. The summed E-state index contributed by atoms with van der Waals surface area (Å²) in [6, 6.07) is 6.33. The lowest BCUT2D eigenvalue weighted by Gasteiger charge is -2.12. The molecule has 1 aromatic heterocycles. The fraction of sp³-hybridized carbons (Fsp3) is 0.286. The molecule has 1 aromatic carbocycles. The fourth-order valence-electron chi connectivity index (χ4n) is 3.21. The summed E-state index contributed by atoms with van der Waals surface area (Å²) in [4.78, 5) is 22.1. The monoisotopic (exact) mass is 383 g/mol. The summed E-state index contributed by atoms with van der Waals surface area (Å²) in [5, 5.41) is 20.8. The number of hydrogen-bond acceptors (Lipinski definition) is 6. The van der Waals surface area contributed by atoms with Gasteiger partial charge in [-0.15, -0.1) is 0 Å². The first kappa shape index (κ1) is 19.6. The van der Waals surface area contributed by atoms with Crippen molar-refractivity contribution >= 4 is 11.8 Å². The van der Waals surface area contributed by atoms with Crippen molar-refractivity contribution in [1.82, 2.24) is 0 Å². The molecule has 0 radical (unpaired) electrons. The van der Waals surface area contributed by atoms with Crippen LogP contribution in [0.1, 0.15) is 41.9 Å². The molecule has 0 saturated carbocycles. The Morgan fingerprint density at radius 3 is 2.57 bits per heavy atom. The number of nitro groups is 1. The van der Waals surface area contributed by atoms with E-state index in [2.05, 4.69) is 0 Å². The molecule has 1 saturated heterocycles. The Bertz CT molecular complexity index is 1030. The van der Waals surface area contributed by atoms with Gasteiger partial charge in [-0.2, -0.15) is 0 Å². The van der Waals surface area contributed by atoms with E-state index >= 15 is 0 Å². The number of rotatable bonds is 4. The van der Waals surface area contributed by atoms with Crippen molar-refractivity contribution in [3.8, 4) is 5.75 Å². The second kappa shape index (κ2) is 7.82. The predicted molar refractivity (Wildman–Crippen MR) is 104 cm³/mol. The highest BCUT2D eigenvalue weighted by atomic mass is 16.6. The Morgan fingerprint density at radius 1 is 1.25 bits per heavy atom. The molecule has 1 aliphatic heterocycles. The van der Waals surface area contributed by atoms with Crippen molar-refractivity contribution in [3.05, 3.63) is 84.5 Å². The van der Waals surface area contributed by atoms with Crippen molar-refractivity contribution in [1.29, 1.82) is 0 Å². The molecule has 3 rings (SSSR count). The van der Waals surface area contributed by atoms with Crippen molar-refractivity contribution in [2.45, 2.75) is 33.3 Å². The lowest BCUT2D eigenvalue weighted by Crippen LogP contribution is -2.10. The average molecular weight is 383 g/mol. The first-order valence-electron chi connectivity index (χ1n) is 8.83. The van der Waals surface area contributed by atoms with Gasteiger partial charge >= 0.3 is 5.63 Å². The van der Waals surface area contributed by atoms with Crippen molar-refractivity contribution in [2.24, 2.45) is 0 Å². The molecule has 2 heterocycles. The number of non-ortho nitro benzene ring substituents is 1. The van der Waals surface area contributed by atoms with Crippen molar-refractivity contribution < 1.29 is 19.2 Å². The molecule has 1 N–H and O–H groups in total. The van der Waals surface area contributed by atoms with Crippen LogP contribution in [0, 0.1) is 24.0 Å². The Labute approximate surface area is 161 Å². The highest BCUT2D eigenvalue weighted by Gasteiger charge is 2.28. The zero-order valence-electron chi connectivity index (χ0n) is 15.9. The summed E-state index contributed by atoms with van der Waals surface area (Å²) in [6.45, 7) is 5.55. The molecule has 1 atom stereocenters. The van der Waals surface area contributed by atoms with Gasteiger partial charge in [0.05, 0.1) is 17.1 Å².